The molecule has 0 aliphatic carbocycles. The summed E-state index contributed by atoms with van der Waals surface area (Å²) in [7, 11) is 0. The minimum atomic E-state index is 0.807. The van der Waals surface area contributed by atoms with Crippen LogP contribution in [0.15, 0.2) is 48.5 Å². The molecular weight excluding hydrogens is 303 g/mol. The smallest absolute Gasteiger partial charge is 0.103 e. The monoisotopic (exact) mass is 321 g/mol. The molecule has 0 amide bonds. The van der Waals surface area contributed by atoms with Crippen LogP contribution in [0.4, 0.5) is 5.69 Å². The summed E-state index contributed by atoms with van der Waals surface area (Å²) in [6.07, 6.45) is 0. The van der Waals surface area contributed by atoms with E-state index in [2.05, 4.69) is 23.1 Å². The first-order chi connectivity index (χ1) is 10.2. The number of nitrogens with one attached hydrogen (secondary N) is 1. The van der Waals surface area contributed by atoms with Crippen LogP contribution in [0.25, 0.3) is 0 Å². The number of piperazine rings is 1. The molecule has 2 aromatic carbocycles. The number of hydrogen-bond donors (Lipinski definition) is 1. The molecule has 1 N–H and O–H groups in total. The zero-order chi connectivity index (χ0) is 14.7. The topological polar surface area (TPSA) is 7.68 Å². The maximum atomic E-state index is 6.07. The Bertz CT molecular complexity index is 607. The van der Waals surface area contributed by atoms with E-state index in [1.807, 2.05) is 30.3 Å². The third-order valence-corrected chi connectivity index (χ3v) is 4.46. The van der Waals surface area contributed by atoms with Crippen molar-refractivity contribution in [1.29, 1.82) is 0 Å². The largest absolute Gasteiger partial charge is 0.360 e. The Hall–Kier alpha value is -1.22. The third-order valence-electron chi connectivity index (χ3n) is 3.99. The van der Waals surface area contributed by atoms with Gasteiger partial charge in [-0.1, -0.05) is 41.4 Å². The second-order valence-electron chi connectivity index (χ2n) is 5.52. The fraction of sp³-hybridized carbons (Fsp3) is 0.294. The lowest BCUT2D eigenvalue weighted by atomic mass is 10.2. The van der Waals surface area contributed by atoms with Crippen LogP contribution in [0, 0.1) is 0 Å². The minimum Gasteiger partial charge on any atom is -0.360 e. The summed E-state index contributed by atoms with van der Waals surface area (Å²) in [5, 5.41) is 1.63. The third kappa shape index (κ3) is 3.91. The van der Waals surface area contributed by atoms with Gasteiger partial charge < -0.3 is 9.80 Å². The standard InChI is InChI=1S/C17H18Cl2N2/c18-15-4-1-3-14(11-15)13-20-7-9-21(10-8-20)17-6-2-5-16(19)12-17/h1-6,11-12H,7-10,13H2/p+1. The Morgan fingerprint density at radius 1 is 0.905 bits per heavy atom. The first kappa shape index (κ1) is 14.7. The quantitative estimate of drug-likeness (QED) is 0.913. The van der Waals surface area contributed by atoms with E-state index in [0.717, 1.165) is 42.8 Å². The van der Waals surface area contributed by atoms with Crippen LogP contribution in [0.5, 0.6) is 0 Å². The second kappa shape index (κ2) is 6.69. The van der Waals surface area contributed by atoms with E-state index in [1.165, 1.54) is 11.3 Å². The summed E-state index contributed by atoms with van der Waals surface area (Å²) < 4.78 is 0. The van der Waals surface area contributed by atoms with Gasteiger partial charge in [-0.25, -0.2) is 0 Å². The predicted octanol–water partition coefficient (Wildman–Crippen LogP) is 2.90. The van der Waals surface area contributed by atoms with Gasteiger partial charge in [0.25, 0.3) is 0 Å². The highest BCUT2D eigenvalue weighted by molar-refractivity contribution is 6.31. The van der Waals surface area contributed by atoms with Gasteiger partial charge in [0.1, 0.15) is 6.54 Å². The number of nitrogens with zero attached hydrogens (tertiary/aromatic N) is 1. The molecule has 1 aliphatic rings. The van der Waals surface area contributed by atoms with Crippen molar-refractivity contribution in [2.45, 2.75) is 6.54 Å². The molecule has 0 bridgehead atoms. The molecule has 1 saturated heterocycles. The average molecular weight is 322 g/mol. The average Bonchev–Trinajstić information content (AvgIpc) is 2.48. The Morgan fingerprint density at radius 2 is 1.57 bits per heavy atom. The number of anilines is 1. The Labute approximate surface area is 135 Å². The number of rotatable bonds is 3. The van der Waals surface area contributed by atoms with Crippen molar-refractivity contribution in [3.8, 4) is 0 Å². The Balaban J connectivity index is 1.58. The summed E-state index contributed by atoms with van der Waals surface area (Å²) in [6, 6.07) is 16.3. The highest BCUT2D eigenvalue weighted by Crippen LogP contribution is 2.19. The van der Waals surface area contributed by atoms with Crippen molar-refractivity contribution in [2.75, 3.05) is 31.1 Å². The van der Waals surface area contributed by atoms with E-state index >= 15 is 0 Å². The van der Waals surface area contributed by atoms with Gasteiger partial charge in [0, 0.05) is 21.3 Å². The first-order valence-electron chi connectivity index (χ1n) is 7.29. The molecular formula is C17H19Cl2N2+. The molecule has 0 saturated carbocycles. The van der Waals surface area contributed by atoms with E-state index in [-0.39, 0.29) is 0 Å². The number of quaternary nitrogens is 1. The van der Waals surface area contributed by atoms with Crippen molar-refractivity contribution >= 4 is 28.9 Å². The van der Waals surface area contributed by atoms with Gasteiger partial charge in [0.05, 0.1) is 26.2 Å². The van der Waals surface area contributed by atoms with E-state index in [4.69, 9.17) is 23.2 Å². The lowest BCUT2D eigenvalue weighted by Crippen LogP contribution is -3.13. The van der Waals surface area contributed by atoms with Crippen LogP contribution in [0.3, 0.4) is 0 Å². The van der Waals surface area contributed by atoms with Crippen LogP contribution in [-0.2, 0) is 6.54 Å². The van der Waals surface area contributed by atoms with Gasteiger partial charge in [-0.2, -0.15) is 0 Å². The zero-order valence-electron chi connectivity index (χ0n) is 11.9. The molecule has 1 aliphatic heterocycles. The molecule has 0 aromatic heterocycles. The maximum Gasteiger partial charge on any atom is 0.103 e. The molecule has 3 rings (SSSR count). The minimum absolute atomic E-state index is 0.807. The Morgan fingerprint density at radius 3 is 2.24 bits per heavy atom. The second-order valence-corrected chi connectivity index (χ2v) is 6.40. The highest BCUT2D eigenvalue weighted by Gasteiger charge is 2.20. The van der Waals surface area contributed by atoms with E-state index in [0.29, 0.717) is 0 Å². The summed E-state index contributed by atoms with van der Waals surface area (Å²) >= 11 is 12.1. The number of halogens is 2. The van der Waals surface area contributed by atoms with E-state index < -0.39 is 0 Å². The molecule has 2 aromatic rings. The van der Waals surface area contributed by atoms with Crippen LogP contribution in [-0.4, -0.2) is 26.2 Å². The summed E-state index contributed by atoms with van der Waals surface area (Å²) in [5.41, 5.74) is 2.54. The number of hydrogen-bond acceptors (Lipinski definition) is 1. The lowest BCUT2D eigenvalue weighted by Gasteiger charge is -2.33. The normalized spacial score (nSPS) is 16.2. The molecule has 1 fully saturated rings. The summed E-state index contributed by atoms with van der Waals surface area (Å²) in [5.74, 6) is 0. The van der Waals surface area contributed by atoms with E-state index in [9.17, 15) is 0 Å². The molecule has 110 valence electrons. The van der Waals surface area contributed by atoms with Gasteiger partial charge in [-0.15, -0.1) is 0 Å². The van der Waals surface area contributed by atoms with Crippen LogP contribution < -0.4 is 9.80 Å². The zero-order valence-corrected chi connectivity index (χ0v) is 13.4. The lowest BCUT2D eigenvalue weighted by molar-refractivity contribution is -0.914. The maximum absolute atomic E-state index is 6.07. The predicted molar refractivity (Wildman–Crippen MR) is 89.5 cm³/mol. The highest BCUT2D eigenvalue weighted by atomic mass is 35.5. The van der Waals surface area contributed by atoms with E-state index in [1.54, 1.807) is 4.90 Å². The van der Waals surface area contributed by atoms with Crippen molar-refractivity contribution in [3.63, 3.8) is 0 Å². The van der Waals surface area contributed by atoms with Gasteiger partial charge >= 0.3 is 0 Å². The SMILES string of the molecule is Clc1cccc(C[NH+]2CCN(c3cccc(Cl)c3)CC2)c1. The van der Waals surface area contributed by atoms with Gasteiger partial charge in [-0.05, 0) is 30.3 Å². The first-order valence-corrected chi connectivity index (χ1v) is 8.05. The Kier molecular flexibility index (Phi) is 4.69. The molecule has 21 heavy (non-hydrogen) atoms. The fourth-order valence-electron chi connectivity index (χ4n) is 2.87. The van der Waals surface area contributed by atoms with Gasteiger partial charge in [0.2, 0.25) is 0 Å². The molecule has 0 atom stereocenters. The molecule has 4 heteroatoms. The summed E-state index contributed by atoms with van der Waals surface area (Å²) in [4.78, 5) is 4.02. The molecule has 0 unspecified atom stereocenters. The van der Waals surface area contributed by atoms with Crippen LogP contribution >= 0.6 is 23.2 Å². The van der Waals surface area contributed by atoms with Crippen LogP contribution in [0.1, 0.15) is 5.56 Å². The van der Waals surface area contributed by atoms with Gasteiger partial charge in [-0.3, -0.25) is 0 Å². The van der Waals surface area contributed by atoms with Crippen molar-refractivity contribution in [2.24, 2.45) is 0 Å². The number of benzene rings is 2. The van der Waals surface area contributed by atoms with Crippen LogP contribution in [0.2, 0.25) is 10.0 Å². The molecule has 2 nitrogen and oxygen atoms in total. The summed E-state index contributed by atoms with van der Waals surface area (Å²) in [6.45, 7) is 5.45. The van der Waals surface area contributed by atoms with Crippen molar-refractivity contribution in [1.82, 2.24) is 0 Å². The molecule has 0 spiro atoms. The van der Waals surface area contributed by atoms with Gasteiger partial charge in [0.15, 0.2) is 0 Å². The fourth-order valence-corrected chi connectivity index (χ4v) is 3.26. The van der Waals surface area contributed by atoms with Crippen molar-refractivity contribution in [3.05, 3.63) is 64.1 Å². The molecule has 0 radical (unpaired) electrons. The molecule has 1 heterocycles. The van der Waals surface area contributed by atoms with Crippen molar-refractivity contribution < 1.29 is 4.90 Å².